The highest BCUT2D eigenvalue weighted by Gasteiger charge is 2.29. The van der Waals surface area contributed by atoms with Gasteiger partial charge in [-0.15, -0.1) is 11.3 Å². The maximum absolute atomic E-state index is 11.2. The smallest absolute Gasteiger partial charge is 0.355 e. The monoisotopic (exact) mass is 247 g/mol. The van der Waals surface area contributed by atoms with Crippen LogP contribution in [0.5, 0.6) is 5.75 Å². The fraction of sp³-hybridized carbons (Fsp3) is 0.375. The Labute approximate surface area is 94.4 Å². The number of aliphatic hydroxyl groups excluding tert-OH is 1. The molecular weight excluding hydrogens is 238 g/mol. The summed E-state index contributed by atoms with van der Waals surface area (Å²) in [7, 11) is 1.14. The van der Waals surface area contributed by atoms with Crippen molar-refractivity contribution in [3.8, 4) is 5.75 Å². The van der Waals surface area contributed by atoms with Crippen molar-refractivity contribution < 1.29 is 24.3 Å². The molecule has 0 saturated carbocycles. The normalized spacial score (nSPS) is 9.88. The Morgan fingerprint density at radius 3 is 2.88 bits per heavy atom. The number of nitrogens with zero attached hydrogens (tertiary/aromatic N) is 1. The molecule has 0 atom stereocenters. The van der Waals surface area contributed by atoms with Gasteiger partial charge < -0.3 is 14.6 Å². The highest BCUT2D eigenvalue weighted by Crippen LogP contribution is 2.37. The number of esters is 1. The molecule has 0 amide bonds. The Bertz CT molecular complexity index is 401. The average molecular weight is 247 g/mol. The molecule has 0 aromatic carbocycles. The van der Waals surface area contributed by atoms with E-state index in [4.69, 9.17) is 9.84 Å². The minimum Gasteiger partial charge on any atom is -0.484 e. The van der Waals surface area contributed by atoms with Crippen molar-refractivity contribution in [2.24, 2.45) is 0 Å². The molecule has 0 aliphatic heterocycles. The average Bonchev–Trinajstić information content (AvgIpc) is 2.68. The number of thiophene rings is 1. The molecule has 0 unspecified atom stereocenters. The van der Waals surface area contributed by atoms with Crippen LogP contribution in [0.1, 0.15) is 9.67 Å². The Kier molecular flexibility index (Phi) is 4.20. The van der Waals surface area contributed by atoms with Crippen molar-refractivity contribution in [3.05, 3.63) is 20.4 Å². The minimum absolute atomic E-state index is 0.0375. The second-order valence-corrected chi connectivity index (χ2v) is 3.48. The van der Waals surface area contributed by atoms with Gasteiger partial charge in [0, 0.05) is 5.38 Å². The van der Waals surface area contributed by atoms with Gasteiger partial charge in [0.05, 0.1) is 18.6 Å². The summed E-state index contributed by atoms with van der Waals surface area (Å²) >= 11 is 0.865. The first-order chi connectivity index (χ1) is 7.61. The second-order valence-electron chi connectivity index (χ2n) is 2.60. The lowest BCUT2D eigenvalue weighted by molar-refractivity contribution is -0.385. The maximum atomic E-state index is 11.2. The number of nitro groups is 1. The van der Waals surface area contributed by atoms with E-state index in [2.05, 4.69) is 4.74 Å². The zero-order chi connectivity index (χ0) is 12.1. The van der Waals surface area contributed by atoms with Crippen molar-refractivity contribution in [2.75, 3.05) is 20.3 Å². The van der Waals surface area contributed by atoms with E-state index in [-0.39, 0.29) is 23.8 Å². The van der Waals surface area contributed by atoms with Gasteiger partial charge in [-0.3, -0.25) is 10.1 Å². The van der Waals surface area contributed by atoms with Gasteiger partial charge in [0.25, 0.3) is 0 Å². The third-order valence-electron chi connectivity index (χ3n) is 1.63. The van der Waals surface area contributed by atoms with E-state index in [1.54, 1.807) is 0 Å². The lowest BCUT2D eigenvalue weighted by atomic mass is 10.4. The second kappa shape index (κ2) is 5.42. The number of aliphatic hydroxyl groups is 1. The topological polar surface area (TPSA) is 98.9 Å². The van der Waals surface area contributed by atoms with Crippen LogP contribution in [0.4, 0.5) is 5.69 Å². The number of rotatable bonds is 5. The molecule has 0 bridgehead atoms. The molecule has 88 valence electrons. The van der Waals surface area contributed by atoms with Gasteiger partial charge in [0.15, 0.2) is 4.88 Å². The summed E-state index contributed by atoms with van der Waals surface area (Å²) in [6.07, 6.45) is 0. The maximum Gasteiger partial charge on any atom is 0.355 e. The third-order valence-corrected chi connectivity index (χ3v) is 2.56. The van der Waals surface area contributed by atoms with Crippen molar-refractivity contribution in [3.63, 3.8) is 0 Å². The highest BCUT2D eigenvalue weighted by molar-refractivity contribution is 7.12. The first-order valence-electron chi connectivity index (χ1n) is 4.19. The third kappa shape index (κ3) is 2.47. The fourth-order valence-corrected chi connectivity index (χ4v) is 1.88. The van der Waals surface area contributed by atoms with Crippen molar-refractivity contribution in [1.29, 1.82) is 0 Å². The molecular formula is C8H9NO6S. The van der Waals surface area contributed by atoms with Gasteiger partial charge in [-0.1, -0.05) is 0 Å². The van der Waals surface area contributed by atoms with E-state index < -0.39 is 16.6 Å². The van der Waals surface area contributed by atoms with E-state index in [0.29, 0.717) is 0 Å². The quantitative estimate of drug-likeness (QED) is 0.469. The minimum atomic E-state index is -0.782. The van der Waals surface area contributed by atoms with Crippen LogP contribution in [0.3, 0.4) is 0 Å². The van der Waals surface area contributed by atoms with Crippen LogP contribution in [0.25, 0.3) is 0 Å². The van der Waals surface area contributed by atoms with Crippen LogP contribution in [0.2, 0.25) is 0 Å². The lowest BCUT2D eigenvalue weighted by Crippen LogP contribution is -2.05. The van der Waals surface area contributed by atoms with Crippen LogP contribution in [0, 0.1) is 10.1 Å². The van der Waals surface area contributed by atoms with Crippen LogP contribution in [-0.4, -0.2) is 36.3 Å². The molecule has 1 rings (SSSR count). The number of carbonyl (C=O) groups is 1. The first kappa shape index (κ1) is 12.4. The number of carbonyl (C=O) groups excluding carboxylic acids is 1. The molecule has 1 heterocycles. The zero-order valence-electron chi connectivity index (χ0n) is 8.34. The molecule has 8 heteroatoms. The molecule has 7 nitrogen and oxygen atoms in total. The van der Waals surface area contributed by atoms with E-state index in [1.807, 2.05) is 0 Å². The number of ether oxygens (including phenoxy) is 2. The fourth-order valence-electron chi connectivity index (χ4n) is 1.00. The van der Waals surface area contributed by atoms with Gasteiger partial charge >= 0.3 is 11.7 Å². The molecule has 1 aromatic rings. The van der Waals surface area contributed by atoms with Crippen molar-refractivity contribution in [1.82, 2.24) is 0 Å². The molecule has 0 saturated heterocycles. The molecule has 1 aromatic heterocycles. The summed E-state index contributed by atoms with van der Waals surface area (Å²) < 4.78 is 9.34. The van der Waals surface area contributed by atoms with E-state index in [1.165, 1.54) is 5.38 Å². The standard InChI is InChI=1S/C8H9NO6S/c1-14-8(11)7-6(9(12)13)5(4-16-7)15-3-2-10/h4,10H,2-3H2,1H3. The number of hydrogen-bond acceptors (Lipinski definition) is 7. The van der Waals surface area contributed by atoms with Gasteiger partial charge in [-0.05, 0) is 0 Å². The molecule has 0 radical (unpaired) electrons. The summed E-state index contributed by atoms with van der Waals surface area (Å²) in [4.78, 5) is 21.1. The Hall–Kier alpha value is -1.67. The highest BCUT2D eigenvalue weighted by atomic mass is 32.1. The van der Waals surface area contributed by atoms with Gasteiger partial charge in [-0.25, -0.2) is 4.79 Å². The van der Waals surface area contributed by atoms with Crippen LogP contribution >= 0.6 is 11.3 Å². The molecule has 0 aliphatic rings. The van der Waals surface area contributed by atoms with Gasteiger partial charge in [-0.2, -0.15) is 0 Å². The first-order valence-corrected chi connectivity index (χ1v) is 5.07. The molecule has 0 aliphatic carbocycles. The molecule has 0 spiro atoms. The summed E-state index contributed by atoms with van der Waals surface area (Å²) in [5, 5.41) is 20.6. The number of methoxy groups -OCH3 is 1. The van der Waals surface area contributed by atoms with Gasteiger partial charge in [0.1, 0.15) is 6.61 Å². The predicted molar refractivity (Wildman–Crippen MR) is 54.9 cm³/mol. The van der Waals surface area contributed by atoms with Crippen molar-refractivity contribution >= 4 is 23.0 Å². The van der Waals surface area contributed by atoms with Crippen molar-refractivity contribution in [2.45, 2.75) is 0 Å². The van der Waals surface area contributed by atoms with Gasteiger partial charge in [0.2, 0.25) is 5.75 Å². The Morgan fingerprint density at radius 1 is 1.69 bits per heavy atom. The van der Waals surface area contributed by atoms with Crippen LogP contribution in [0.15, 0.2) is 5.38 Å². The molecule has 1 N–H and O–H groups in total. The SMILES string of the molecule is COC(=O)c1scc(OCCO)c1[N+](=O)[O-]. The molecule has 16 heavy (non-hydrogen) atoms. The van der Waals surface area contributed by atoms with E-state index in [0.717, 1.165) is 18.4 Å². The predicted octanol–water partition coefficient (Wildman–Crippen LogP) is 0.814. The van der Waals surface area contributed by atoms with Crippen LogP contribution < -0.4 is 4.74 Å². The Balaban J connectivity index is 3.07. The summed E-state index contributed by atoms with van der Waals surface area (Å²) in [5.41, 5.74) is -0.426. The van der Waals surface area contributed by atoms with Crippen LogP contribution in [-0.2, 0) is 4.74 Å². The summed E-state index contributed by atoms with van der Waals surface area (Å²) in [6, 6.07) is 0. The lowest BCUT2D eigenvalue weighted by Gasteiger charge is -2.00. The van der Waals surface area contributed by atoms with E-state index >= 15 is 0 Å². The number of hydrogen-bond donors (Lipinski definition) is 1. The summed E-state index contributed by atoms with van der Waals surface area (Å²) in [6.45, 7) is -0.335. The molecule has 0 fully saturated rings. The Morgan fingerprint density at radius 2 is 2.38 bits per heavy atom. The zero-order valence-corrected chi connectivity index (χ0v) is 9.15. The largest absolute Gasteiger partial charge is 0.484 e. The van der Waals surface area contributed by atoms with E-state index in [9.17, 15) is 14.9 Å². The summed E-state index contributed by atoms with van der Waals surface area (Å²) in [5.74, 6) is -0.819.